The van der Waals surface area contributed by atoms with Crippen LogP contribution in [0.25, 0.3) is 0 Å². The molecule has 1 aliphatic rings. The van der Waals surface area contributed by atoms with E-state index in [1.807, 2.05) is 6.07 Å². The van der Waals surface area contributed by atoms with Gasteiger partial charge in [0.05, 0.1) is 5.69 Å². The fourth-order valence-corrected chi connectivity index (χ4v) is 2.60. The molecule has 0 bridgehead atoms. The predicted molar refractivity (Wildman–Crippen MR) is 70.3 cm³/mol. The molecule has 0 amide bonds. The van der Waals surface area contributed by atoms with Crippen LogP contribution >= 0.6 is 0 Å². The lowest BCUT2D eigenvalue weighted by atomic mass is 9.90. The van der Waals surface area contributed by atoms with Crippen LogP contribution in [0.2, 0.25) is 0 Å². The molecule has 3 rings (SSSR count). The molecule has 2 aromatic rings. The number of rotatable bonds is 3. The van der Waals surface area contributed by atoms with Crippen LogP contribution in [0, 0.1) is 11.7 Å². The standard InChI is InChI=1S/C15H17FN2O/c16-12-3-1-2-10(6-12)8-15-18-13-7-11(9-17)4-5-14(13)19-15/h1-3,6,11H,4-5,7-9,17H2. The van der Waals surface area contributed by atoms with Crippen molar-refractivity contribution < 1.29 is 8.81 Å². The maximum Gasteiger partial charge on any atom is 0.199 e. The summed E-state index contributed by atoms with van der Waals surface area (Å²) in [6, 6.07) is 6.55. The second-order valence-electron chi connectivity index (χ2n) is 5.13. The summed E-state index contributed by atoms with van der Waals surface area (Å²) in [6.07, 6.45) is 3.42. The summed E-state index contributed by atoms with van der Waals surface area (Å²) >= 11 is 0. The van der Waals surface area contributed by atoms with Gasteiger partial charge in [0.15, 0.2) is 5.89 Å². The number of halogens is 1. The number of nitrogens with zero attached hydrogens (tertiary/aromatic N) is 1. The first-order chi connectivity index (χ1) is 9.24. The second kappa shape index (κ2) is 5.13. The minimum atomic E-state index is -0.225. The summed E-state index contributed by atoms with van der Waals surface area (Å²) in [5.74, 6) is 1.95. The summed E-state index contributed by atoms with van der Waals surface area (Å²) in [5, 5.41) is 0. The molecule has 1 aliphatic carbocycles. The van der Waals surface area contributed by atoms with E-state index < -0.39 is 0 Å². The maximum atomic E-state index is 13.1. The highest BCUT2D eigenvalue weighted by Gasteiger charge is 2.23. The monoisotopic (exact) mass is 260 g/mol. The molecule has 3 nitrogen and oxygen atoms in total. The number of nitrogens with two attached hydrogens (primary N) is 1. The van der Waals surface area contributed by atoms with Crippen LogP contribution in [-0.2, 0) is 19.3 Å². The van der Waals surface area contributed by atoms with Gasteiger partial charge < -0.3 is 10.2 Å². The molecular formula is C15H17FN2O. The summed E-state index contributed by atoms with van der Waals surface area (Å²) in [6.45, 7) is 0.700. The third-order valence-electron chi connectivity index (χ3n) is 3.66. The van der Waals surface area contributed by atoms with Crippen molar-refractivity contribution in [2.24, 2.45) is 11.7 Å². The highest BCUT2D eigenvalue weighted by Crippen LogP contribution is 2.26. The average molecular weight is 260 g/mol. The number of hydrogen-bond donors (Lipinski definition) is 1. The third-order valence-corrected chi connectivity index (χ3v) is 3.66. The van der Waals surface area contributed by atoms with Crippen molar-refractivity contribution in [3.05, 3.63) is 53.0 Å². The lowest BCUT2D eigenvalue weighted by molar-refractivity contribution is 0.399. The third kappa shape index (κ3) is 2.68. The number of oxazole rings is 1. The van der Waals surface area contributed by atoms with E-state index in [2.05, 4.69) is 4.98 Å². The molecule has 0 saturated carbocycles. The first-order valence-electron chi connectivity index (χ1n) is 6.66. The summed E-state index contributed by atoms with van der Waals surface area (Å²) < 4.78 is 18.9. The number of fused-ring (bicyclic) bond motifs is 1. The molecule has 1 atom stereocenters. The van der Waals surface area contributed by atoms with Crippen LogP contribution in [0.4, 0.5) is 4.39 Å². The van der Waals surface area contributed by atoms with E-state index in [0.29, 0.717) is 24.8 Å². The highest BCUT2D eigenvalue weighted by atomic mass is 19.1. The van der Waals surface area contributed by atoms with E-state index in [0.717, 1.165) is 36.3 Å². The van der Waals surface area contributed by atoms with E-state index in [4.69, 9.17) is 10.2 Å². The summed E-state index contributed by atoms with van der Waals surface area (Å²) in [5.41, 5.74) is 7.63. The lowest BCUT2D eigenvalue weighted by Gasteiger charge is -2.17. The molecular weight excluding hydrogens is 243 g/mol. The van der Waals surface area contributed by atoms with Gasteiger partial charge in [-0.3, -0.25) is 0 Å². The maximum absolute atomic E-state index is 13.1. The number of aromatic nitrogens is 1. The largest absolute Gasteiger partial charge is 0.445 e. The Balaban J connectivity index is 1.78. The summed E-state index contributed by atoms with van der Waals surface area (Å²) in [7, 11) is 0. The Bertz CT molecular complexity index is 579. The van der Waals surface area contributed by atoms with Crippen LogP contribution < -0.4 is 5.73 Å². The van der Waals surface area contributed by atoms with Crippen LogP contribution in [0.1, 0.15) is 29.3 Å². The fraction of sp³-hybridized carbons (Fsp3) is 0.400. The molecule has 1 aromatic carbocycles. The molecule has 1 aromatic heterocycles. The van der Waals surface area contributed by atoms with E-state index in [-0.39, 0.29) is 5.82 Å². The van der Waals surface area contributed by atoms with Gasteiger partial charge in [0.25, 0.3) is 0 Å². The van der Waals surface area contributed by atoms with Crippen molar-refractivity contribution in [1.82, 2.24) is 4.98 Å². The molecule has 0 fully saturated rings. The molecule has 0 aliphatic heterocycles. The fourth-order valence-electron chi connectivity index (χ4n) is 2.60. The molecule has 1 heterocycles. The first kappa shape index (κ1) is 12.4. The van der Waals surface area contributed by atoms with E-state index in [9.17, 15) is 4.39 Å². The van der Waals surface area contributed by atoms with Gasteiger partial charge in [0.1, 0.15) is 11.6 Å². The topological polar surface area (TPSA) is 52.0 Å². The van der Waals surface area contributed by atoms with E-state index in [1.54, 1.807) is 6.07 Å². The van der Waals surface area contributed by atoms with Crippen LogP contribution in [0.15, 0.2) is 28.7 Å². The van der Waals surface area contributed by atoms with Crippen molar-refractivity contribution in [1.29, 1.82) is 0 Å². The van der Waals surface area contributed by atoms with Gasteiger partial charge in [-0.15, -0.1) is 0 Å². The Kier molecular flexibility index (Phi) is 3.34. The van der Waals surface area contributed by atoms with Crippen molar-refractivity contribution in [2.75, 3.05) is 6.54 Å². The molecule has 1 unspecified atom stereocenters. The molecule has 0 radical (unpaired) electrons. The quantitative estimate of drug-likeness (QED) is 0.922. The number of aryl methyl sites for hydroxylation is 1. The average Bonchev–Trinajstić information content (AvgIpc) is 2.79. The summed E-state index contributed by atoms with van der Waals surface area (Å²) in [4.78, 5) is 4.53. The van der Waals surface area contributed by atoms with Crippen molar-refractivity contribution >= 4 is 0 Å². The molecule has 0 saturated heterocycles. The number of benzene rings is 1. The number of hydrogen-bond acceptors (Lipinski definition) is 3. The smallest absolute Gasteiger partial charge is 0.199 e. The van der Waals surface area contributed by atoms with Crippen LogP contribution in [0.3, 0.4) is 0 Å². The van der Waals surface area contributed by atoms with Gasteiger partial charge in [-0.2, -0.15) is 0 Å². The van der Waals surface area contributed by atoms with Gasteiger partial charge in [0, 0.05) is 12.8 Å². The van der Waals surface area contributed by atoms with Crippen LogP contribution in [0.5, 0.6) is 0 Å². The minimum Gasteiger partial charge on any atom is -0.445 e. The van der Waals surface area contributed by atoms with E-state index in [1.165, 1.54) is 12.1 Å². The molecule has 2 N–H and O–H groups in total. The van der Waals surface area contributed by atoms with Crippen molar-refractivity contribution in [3.8, 4) is 0 Å². The van der Waals surface area contributed by atoms with E-state index >= 15 is 0 Å². The zero-order chi connectivity index (χ0) is 13.2. The van der Waals surface area contributed by atoms with Gasteiger partial charge in [-0.1, -0.05) is 12.1 Å². The van der Waals surface area contributed by atoms with Crippen molar-refractivity contribution in [2.45, 2.75) is 25.7 Å². The Morgan fingerprint density at radius 1 is 1.42 bits per heavy atom. The van der Waals surface area contributed by atoms with Gasteiger partial charge in [-0.25, -0.2) is 9.37 Å². The Hall–Kier alpha value is -1.68. The first-order valence-corrected chi connectivity index (χ1v) is 6.66. The predicted octanol–water partition coefficient (Wildman–Crippen LogP) is 2.47. The zero-order valence-electron chi connectivity index (χ0n) is 10.7. The lowest BCUT2D eigenvalue weighted by Crippen LogP contribution is -2.21. The Labute approximate surface area is 111 Å². The molecule has 0 spiro atoms. The second-order valence-corrected chi connectivity index (χ2v) is 5.13. The van der Waals surface area contributed by atoms with Gasteiger partial charge in [-0.05, 0) is 43.0 Å². The van der Waals surface area contributed by atoms with Gasteiger partial charge >= 0.3 is 0 Å². The van der Waals surface area contributed by atoms with Crippen molar-refractivity contribution in [3.63, 3.8) is 0 Å². The molecule has 19 heavy (non-hydrogen) atoms. The van der Waals surface area contributed by atoms with Crippen LogP contribution in [-0.4, -0.2) is 11.5 Å². The molecule has 100 valence electrons. The Morgan fingerprint density at radius 2 is 2.32 bits per heavy atom. The normalized spacial score (nSPS) is 18.3. The highest BCUT2D eigenvalue weighted by molar-refractivity contribution is 5.22. The SMILES string of the molecule is NCC1CCc2oc(Cc3cccc(F)c3)nc2C1. The minimum absolute atomic E-state index is 0.225. The molecule has 4 heteroatoms. The van der Waals surface area contributed by atoms with Gasteiger partial charge in [0.2, 0.25) is 0 Å². The Morgan fingerprint density at radius 3 is 3.11 bits per heavy atom. The zero-order valence-corrected chi connectivity index (χ0v) is 10.7.